The van der Waals surface area contributed by atoms with Crippen LogP contribution in [0.3, 0.4) is 0 Å². The quantitative estimate of drug-likeness (QED) is 0.351. The van der Waals surface area contributed by atoms with Gasteiger partial charge < -0.3 is 36.0 Å². The molecule has 0 spiro atoms. The van der Waals surface area contributed by atoms with Gasteiger partial charge in [0.2, 0.25) is 11.9 Å². The van der Waals surface area contributed by atoms with Gasteiger partial charge >= 0.3 is 0 Å². The highest BCUT2D eigenvalue weighted by Gasteiger charge is 2.38. The fraction of sp³-hybridized carbons (Fsp3) is 0.556. The van der Waals surface area contributed by atoms with Gasteiger partial charge in [0.25, 0.3) is 5.91 Å². The second kappa shape index (κ2) is 10.0. The van der Waals surface area contributed by atoms with E-state index in [1.165, 1.54) is 12.8 Å². The van der Waals surface area contributed by atoms with Crippen molar-refractivity contribution in [2.45, 2.75) is 50.9 Å². The highest BCUT2D eigenvalue weighted by molar-refractivity contribution is 5.93. The van der Waals surface area contributed by atoms with Crippen LogP contribution in [-0.4, -0.2) is 87.8 Å². The normalized spacial score (nSPS) is 25.1. The molecule has 11 heteroatoms. The molecule has 2 atom stereocenters. The van der Waals surface area contributed by atoms with E-state index in [0.29, 0.717) is 49.7 Å². The van der Waals surface area contributed by atoms with Crippen LogP contribution in [0.5, 0.6) is 5.75 Å². The number of anilines is 2. The molecule has 4 aliphatic heterocycles. The van der Waals surface area contributed by atoms with Gasteiger partial charge in [0.1, 0.15) is 17.3 Å². The van der Waals surface area contributed by atoms with E-state index >= 15 is 0 Å². The summed E-state index contributed by atoms with van der Waals surface area (Å²) in [4.78, 5) is 38.0. The van der Waals surface area contributed by atoms with E-state index in [1.54, 1.807) is 30.0 Å². The fourth-order valence-electron chi connectivity index (χ4n) is 6.06. The summed E-state index contributed by atoms with van der Waals surface area (Å²) in [5.41, 5.74) is 2.34. The van der Waals surface area contributed by atoms with Crippen molar-refractivity contribution in [2.75, 3.05) is 42.9 Å². The number of nitrogens with zero attached hydrogens (tertiary/aromatic N) is 4. The molecule has 5 N–H and O–H groups in total. The van der Waals surface area contributed by atoms with Gasteiger partial charge in [-0.05, 0) is 54.4 Å². The number of aromatic hydroxyl groups is 1. The van der Waals surface area contributed by atoms with Crippen LogP contribution in [0.1, 0.15) is 41.4 Å². The number of piperidine rings is 2. The number of nitrogens with one attached hydrogen (secondary N) is 3. The largest absolute Gasteiger partial charge is 0.508 e. The molecule has 0 radical (unpaired) electrons. The van der Waals surface area contributed by atoms with Crippen molar-refractivity contribution >= 4 is 23.6 Å². The van der Waals surface area contributed by atoms with E-state index in [0.717, 1.165) is 24.2 Å². The number of aliphatic hydroxyl groups is 1. The van der Waals surface area contributed by atoms with E-state index in [9.17, 15) is 19.8 Å². The molecule has 1 saturated carbocycles. The minimum atomic E-state index is -0.790. The molecular formula is C27H35N7O4. The number of fused-ring (bicyclic) bond motifs is 3. The molecule has 1 aliphatic carbocycles. The smallest absolute Gasteiger partial charge is 0.270 e. The fourth-order valence-corrected chi connectivity index (χ4v) is 6.06. The summed E-state index contributed by atoms with van der Waals surface area (Å²) < 4.78 is 0. The lowest BCUT2D eigenvalue weighted by molar-refractivity contribution is -0.132. The Kier molecular flexibility index (Phi) is 6.56. The average Bonchev–Trinajstić information content (AvgIpc) is 2.87. The van der Waals surface area contributed by atoms with Crippen LogP contribution in [-0.2, 0) is 17.8 Å². The summed E-state index contributed by atoms with van der Waals surface area (Å²) >= 11 is 0. The summed E-state index contributed by atoms with van der Waals surface area (Å²) in [5.74, 6) is 2.35. The van der Waals surface area contributed by atoms with E-state index in [-0.39, 0.29) is 41.9 Å². The maximum atomic E-state index is 13.2. The predicted octanol–water partition coefficient (Wildman–Crippen LogP) is 0.476. The summed E-state index contributed by atoms with van der Waals surface area (Å²) in [5, 5.41) is 30.0. The Bertz CT molecular complexity index is 1220. The molecular weight excluding hydrogens is 486 g/mol. The molecule has 7 rings (SSSR count). The van der Waals surface area contributed by atoms with Gasteiger partial charge in [0.05, 0.1) is 12.1 Å². The molecule has 11 nitrogen and oxygen atoms in total. The topological polar surface area (TPSA) is 143 Å². The third-order valence-electron chi connectivity index (χ3n) is 8.32. The highest BCUT2D eigenvalue weighted by Crippen LogP contribution is 2.40. The first kappa shape index (κ1) is 24.9. The first-order chi connectivity index (χ1) is 18.3. The number of likely N-dealkylation sites (tertiary alicyclic amines) is 1. The number of aliphatic hydroxyl groups excluding tert-OH is 1. The van der Waals surface area contributed by atoms with Crippen molar-refractivity contribution in [1.29, 1.82) is 0 Å². The van der Waals surface area contributed by atoms with E-state index in [2.05, 4.69) is 25.8 Å². The molecule has 1 aromatic carbocycles. The molecule has 2 amide bonds. The van der Waals surface area contributed by atoms with Crippen LogP contribution in [0.25, 0.3) is 0 Å². The Morgan fingerprint density at radius 3 is 2.61 bits per heavy atom. The minimum Gasteiger partial charge on any atom is -0.508 e. The average molecular weight is 522 g/mol. The van der Waals surface area contributed by atoms with Crippen LogP contribution < -0.4 is 20.9 Å². The van der Waals surface area contributed by atoms with Crippen LogP contribution in [0.2, 0.25) is 0 Å². The maximum absolute atomic E-state index is 13.2. The number of carbonyl (C=O) groups is 2. The number of aromatic nitrogens is 2. The van der Waals surface area contributed by atoms with Gasteiger partial charge in [-0.3, -0.25) is 9.59 Å². The van der Waals surface area contributed by atoms with Crippen LogP contribution in [0.15, 0.2) is 24.3 Å². The number of hydrogen-bond donors (Lipinski definition) is 5. The molecule has 3 saturated heterocycles. The number of phenols is 1. The molecule has 4 fully saturated rings. The predicted molar refractivity (Wildman–Crippen MR) is 141 cm³/mol. The Morgan fingerprint density at radius 1 is 1.11 bits per heavy atom. The van der Waals surface area contributed by atoms with Gasteiger partial charge in [-0.15, -0.1) is 0 Å². The Morgan fingerprint density at radius 2 is 1.87 bits per heavy atom. The van der Waals surface area contributed by atoms with E-state index < -0.39 is 6.10 Å². The Hall–Kier alpha value is -3.44. The summed E-state index contributed by atoms with van der Waals surface area (Å²) in [6.07, 6.45) is 2.32. The van der Waals surface area contributed by atoms with Crippen molar-refractivity contribution in [3.05, 3.63) is 41.1 Å². The van der Waals surface area contributed by atoms with Crippen molar-refractivity contribution < 1.29 is 19.8 Å². The second-order valence-corrected chi connectivity index (χ2v) is 11.2. The first-order valence-corrected chi connectivity index (χ1v) is 13.5. The molecule has 38 heavy (non-hydrogen) atoms. The van der Waals surface area contributed by atoms with Gasteiger partial charge in [0, 0.05) is 58.3 Å². The Balaban J connectivity index is 1.12. The molecule has 5 heterocycles. The zero-order chi connectivity index (χ0) is 26.4. The third-order valence-corrected chi connectivity index (χ3v) is 8.32. The third kappa shape index (κ3) is 5.12. The summed E-state index contributed by atoms with van der Waals surface area (Å²) in [6.45, 7) is 5.19. The number of benzene rings is 1. The summed E-state index contributed by atoms with van der Waals surface area (Å²) in [6, 6.07) is 6.78. The van der Waals surface area contributed by atoms with Gasteiger partial charge in [-0.2, -0.15) is 4.98 Å². The maximum Gasteiger partial charge on any atom is 0.270 e. The molecule has 2 bridgehead atoms. The Labute approximate surface area is 221 Å². The molecule has 1 aromatic heterocycles. The SMILES string of the molecule is CC(=O)N1CC(Nc2cc(C(=O)NCC(O)[C@@H]3Cc4ccc(O)cc4CN3)nc(N3CC4CC(C4)C3)n2)C1. The van der Waals surface area contributed by atoms with Crippen LogP contribution in [0, 0.1) is 11.8 Å². The second-order valence-electron chi connectivity index (χ2n) is 11.2. The van der Waals surface area contributed by atoms with Crippen molar-refractivity contribution in [3.63, 3.8) is 0 Å². The lowest BCUT2D eigenvalue weighted by atomic mass is 9.71. The zero-order valence-corrected chi connectivity index (χ0v) is 21.6. The van der Waals surface area contributed by atoms with Crippen LogP contribution in [0.4, 0.5) is 11.8 Å². The number of amides is 2. The number of hydrogen-bond acceptors (Lipinski definition) is 9. The van der Waals surface area contributed by atoms with Gasteiger partial charge in [-0.1, -0.05) is 6.07 Å². The van der Waals surface area contributed by atoms with Gasteiger partial charge in [-0.25, -0.2) is 4.98 Å². The number of carbonyl (C=O) groups excluding carboxylic acids is 2. The van der Waals surface area contributed by atoms with Crippen LogP contribution >= 0.6 is 0 Å². The van der Waals surface area contributed by atoms with E-state index in [1.807, 2.05) is 6.07 Å². The molecule has 1 unspecified atom stereocenters. The lowest BCUT2D eigenvalue weighted by Crippen LogP contribution is -2.56. The molecule has 5 aliphatic rings. The first-order valence-electron chi connectivity index (χ1n) is 13.5. The number of rotatable bonds is 7. The number of phenolic OH excluding ortho intramolecular Hbond substituents is 1. The summed E-state index contributed by atoms with van der Waals surface area (Å²) in [7, 11) is 0. The molecule has 2 aromatic rings. The van der Waals surface area contributed by atoms with Gasteiger partial charge in [0.15, 0.2) is 0 Å². The van der Waals surface area contributed by atoms with Crippen molar-refractivity contribution in [2.24, 2.45) is 11.8 Å². The zero-order valence-electron chi connectivity index (χ0n) is 21.6. The minimum absolute atomic E-state index is 0.0479. The standard InChI is InChI=1S/C27H35N7O4/c1-15(35)33-13-20(14-33)30-25-8-23(31-27(32-25)34-11-16-4-17(5-16)12-34)26(38)29-10-24(37)22-7-18-2-3-21(36)6-19(18)9-28-22/h2-3,6,8,16-17,20,22,24,28,36-37H,4-5,7,9-14H2,1H3,(H,29,38)(H,30,31,32)/t16?,17?,22-,24?/m0/s1. The molecule has 202 valence electrons. The monoisotopic (exact) mass is 521 g/mol. The van der Waals surface area contributed by atoms with E-state index in [4.69, 9.17) is 4.98 Å². The lowest BCUT2D eigenvalue weighted by Gasteiger charge is -2.47. The van der Waals surface area contributed by atoms with Crippen molar-refractivity contribution in [1.82, 2.24) is 25.5 Å². The highest BCUT2D eigenvalue weighted by atomic mass is 16.3. The van der Waals surface area contributed by atoms with Crippen molar-refractivity contribution in [3.8, 4) is 5.75 Å².